The van der Waals surface area contributed by atoms with Crippen molar-refractivity contribution in [2.45, 2.75) is 32.5 Å². The zero-order valence-electron chi connectivity index (χ0n) is 9.29. The summed E-state index contributed by atoms with van der Waals surface area (Å²) in [5, 5.41) is 0. The fourth-order valence-corrected chi connectivity index (χ4v) is 1.14. The van der Waals surface area contributed by atoms with E-state index < -0.39 is 0 Å². The molecule has 0 saturated heterocycles. The van der Waals surface area contributed by atoms with Crippen molar-refractivity contribution in [3.05, 3.63) is 35.6 Å². The number of benzene rings is 1. The highest BCUT2D eigenvalue weighted by Gasteiger charge is 2.20. The Kier molecular flexibility index (Phi) is 4.24. The molecular formula is C12H18FNO. The van der Waals surface area contributed by atoms with Gasteiger partial charge in [0.05, 0.1) is 12.2 Å². The van der Waals surface area contributed by atoms with Crippen LogP contribution in [0.1, 0.15) is 25.8 Å². The summed E-state index contributed by atoms with van der Waals surface area (Å²) in [6.45, 7) is 4.99. The van der Waals surface area contributed by atoms with E-state index in [1.165, 1.54) is 12.1 Å². The van der Waals surface area contributed by atoms with Crippen molar-refractivity contribution in [1.82, 2.24) is 0 Å². The first-order valence-electron chi connectivity index (χ1n) is 5.18. The highest BCUT2D eigenvalue weighted by molar-refractivity contribution is 5.15. The van der Waals surface area contributed by atoms with Gasteiger partial charge in [-0.3, -0.25) is 0 Å². The lowest BCUT2D eigenvalue weighted by molar-refractivity contribution is -0.0387. The third kappa shape index (κ3) is 3.61. The Labute approximate surface area is 90.2 Å². The van der Waals surface area contributed by atoms with E-state index in [-0.39, 0.29) is 11.4 Å². The van der Waals surface area contributed by atoms with Gasteiger partial charge in [0.15, 0.2) is 0 Å². The first kappa shape index (κ1) is 12.1. The van der Waals surface area contributed by atoms with Crippen molar-refractivity contribution in [1.29, 1.82) is 0 Å². The average molecular weight is 211 g/mol. The van der Waals surface area contributed by atoms with Gasteiger partial charge in [-0.15, -0.1) is 0 Å². The molecule has 0 heterocycles. The van der Waals surface area contributed by atoms with Gasteiger partial charge in [0.25, 0.3) is 0 Å². The molecule has 15 heavy (non-hydrogen) atoms. The normalized spacial score (nSPS) is 14.9. The molecule has 1 rings (SSSR count). The minimum Gasteiger partial charge on any atom is -0.369 e. The molecule has 0 radical (unpaired) electrons. The quantitative estimate of drug-likeness (QED) is 0.812. The standard InChI is InChI=1S/C12H18FNO/c1-3-12(2,9-14)15-8-10-4-6-11(13)7-5-10/h4-7H,3,8-9,14H2,1-2H3. The molecule has 0 aliphatic carbocycles. The summed E-state index contributed by atoms with van der Waals surface area (Å²) >= 11 is 0. The number of halogens is 1. The van der Waals surface area contributed by atoms with Gasteiger partial charge in [-0.1, -0.05) is 19.1 Å². The van der Waals surface area contributed by atoms with Crippen LogP contribution in [0.2, 0.25) is 0 Å². The summed E-state index contributed by atoms with van der Waals surface area (Å²) < 4.78 is 18.3. The van der Waals surface area contributed by atoms with Crippen molar-refractivity contribution >= 4 is 0 Å². The van der Waals surface area contributed by atoms with E-state index in [0.29, 0.717) is 13.2 Å². The van der Waals surface area contributed by atoms with Crippen molar-refractivity contribution in [2.24, 2.45) is 5.73 Å². The van der Waals surface area contributed by atoms with Gasteiger partial charge >= 0.3 is 0 Å². The van der Waals surface area contributed by atoms with Crippen molar-refractivity contribution in [2.75, 3.05) is 6.54 Å². The van der Waals surface area contributed by atoms with E-state index in [1.54, 1.807) is 12.1 Å². The van der Waals surface area contributed by atoms with Gasteiger partial charge < -0.3 is 10.5 Å². The molecule has 1 aromatic rings. The largest absolute Gasteiger partial charge is 0.369 e. The fourth-order valence-electron chi connectivity index (χ4n) is 1.14. The van der Waals surface area contributed by atoms with Crippen molar-refractivity contribution in [3.8, 4) is 0 Å². The van der Waals surface area contributed by atoms with E-state index in [9.17, 15) is 4.39 Å². The third-order valence-electron chi connectivity index (χ3n) is 2.68. The van der Waals surface area contributed by atoms with Gasteiger partial charge in [-0.2, -0.15) is 0 Å². The van der Waals surface area contributed by atoms with Gasteiger partial charge in [0, 0.05) is 6.54 Å². The monoisotopic (exact) mass is 211 g/mol. The Morgan fingerprint density at radius 3 is 2.40 bits per heavy atom. The first-order chi connectivity index (χ1) is 7.09. The predicted molar refractivity (Wildman–Crippen MR) is 58.9 cm³/mol. The first-order valence-corrected chi connectivity index (χ1v) is 5.18. The number of hydrogen-bond acceptors (Lipinski definition) is 2. The zero-order valence-corrected chi connectivity index (χ0v) is 9.29. The molecule has 0 aromatic heterocycles. The van der Waals surface area contributed by atoms with E-state index in [2.05, 4.69) is 0 Å². The van der Waals surface area contributed by atoms with Gasteiger partial charge in [-0.25, -0.2) is 4.39 Å². The number of ether oxygens (including phenoxy) is 1. The Morgan fingerprint density at radius 1 is 1.33 bits per heavy atom. The molecule has 0 saturated carbocycles. The molecule has 0 aliphatic rings. The van der Waals surface area contributed by atoms with Gasteiger partial charge in [-0.05, 0) is 31.0 Å². The lowest BCUT2D eigenvalue weighted by atomic mass is 10.0. The van der Waals surface area contributed by atoms with E-state index in [0.717, 1.165) is 12.0 Å². The molecule has 1 unspecified atom stereocenters. The Balaban J connectivity index is 2.53. The second kappa shape index (κ2) is 5.24. The van der Waals surface area contributed by atoms with Crippen LogP contribution in [-0.4, -0.2) is 12.1 Å². The lowest BCUT2D eigenvalue weighted by Gasteiger charge is -2.26. The van der Waals surface area contributed by atoms with Crippen LogP contribution in [0.4, 0.5) is 4.39 Å². The van der Waals surface area contributed by atoms with Crippen molar-refractivity contribution < 1.29 is 9.13 Å². The molecule has 2 nitrogen and oxygen atoms in total. The average Bonchev–Trinajstić information content (AvgIpc) is 2.28. The number of hydrogen-bond donors (Lipinski definition) is 1. The lowest BCUT2D eigenvalue weighted by Crippen LogP contribution is -2.36. The van der Waals surface area contributed by atoms with Crippen LogP contribution in [0.5, 0.6) is 0 Å². The summed E-state index contributed by atoms with van der Waals surface area (Å²) in [4.78, 5) is 0. The summed E-state index contributed by atoms with van der Waals surface area (Å²) in [6.07, 6.45) is 0.866. The predicted octanol–water partition coefficient (Wildman–Crippen LogP) is 2.47. The molecular weight excluding hydrogens is 193 g/mol. The summed E-state index contributed by atoms with van der Waals surface area (Å²) in [5.41, 5.74) is 6.30. The van der Waals surface area contributed by atoms with Gasteiger partial charge in [0.2, 0.25) is 0 Å². The SMILES string of the molecule is CCC(C)(CN)OCc1ccc(F)cc1. The molecule has 0 aliphatic heterocycles. The van der Waals surface area contributed by atoms with Crippen LogP contribution < -0.4 is 5.73 Å². The second-order valence-electron chi connectivity index (χ2n) is 3.92. The minimum absolute atomic E-state index is 0.226. The summed E-state index contributed by atoms with van der Waals surface area (Å²) in [5.74, 6) is -0.226. The molecule has 3 heteroatoms. The maximum Gasteiger partial charge on any atom is 0.123 e. The van der Waals surface area contributed by atoms with Crippen LogP contribution in [0.15, 0.2) is 24.3 Å². The topological polar surface area (TPSA) is 35.2 Å². The van der Waals surface area contributed by atoms with E-state index in [1.807, 2.05) is 13.8 Å². The molecule has 0 spiro atoms. The van der Waals surface area contributed by atoms with Gasteiger partial charge in [0.1, 0.15) is 5.82 Å². The number of rotatable bonds is 5. The van der Waals surface area contributed by atoms with Crippen LogP contribution >= 0.6 is 0 Å². The maximum atomic E-state index is 12.6. The molecule has 2 N–H and O–H groups in total. The Morgan fingerprint density at radius 2 is 1.93 bits per heavy atom. The zero-order chi connectivity index (χ0) is 11.3. The second-order valence-corrected chi connectivity index (χ2v) is 3.92. The molecule has 1 atom stereocenters. The number of nitrogens with two attached hydrogens (primary N) is 1. The third-order valence-corrected chi connectivity index (χ3v) is 2.68. The van der Waals surface area contributed by atoms with Crippen molar-refractivity contribution in [3.63, 3.8) is 0 Å². The Hall–Kier alpha value is -0.930. The Bertz CT molecular complexity index is 293. The van der Waals surface area contributed by atoms with Crippen LogP contribution in [0, 0.1) is 5.82 Å². The fraction of sp³-hybridized carbons (Fsp3) is 0.500. The highest BCUT2D eigenvalue weighted by atomic mass is 19.1. The summed E-state index contributed by atoms with van der Waals surface area (Å²) in [6, 6.07) is 6.32. The minimum atomic E-state index is -0.283. The molecule has 0 fully saturated rings. The molecule has 0 amide bonds. The van der Waals surface area contributed by atoms with Crippen LogP contribution in [-0.2, 0) is 11.3 Å². The van der Waals surface area contributed by atoms with E-state index in [4.69, 9.17) is 10.5 Å². The molecule has 84 valence electrons. The smallest absolute Gasteiger partial charge is 0.123 e. The van der Waals surface area contributed by atoms with E-state index >= 15 is 0 Å². The maximum absolute atomic E-state index is 12.6. The molecule has 0 bridgehead atoms. The van der Waals surface area contributed by atoms with Crippen LogP contribution in [0.3, 0.4) is 0 Å². The highest BCUT2D eigenvalue weighted by Crippen LogP contribution is 2.16. The van der Waals surface area contributed by atoms with Crippen LogP contribution in [0.25, 0.3) is 0 Å². The summed E-state index contributed by atoms with van der Waals surface area (Å²) in [7, 11) is 0. The molecule has 1 aromatic carbocycles.